The monoisotopic (exact) mass is 285 g/mol. The lowest BCUT2D eigenvalue weighted by Crippen LogP contribution is -2.25. The van der Waals surface area contributed by atoms with E-state index in [-0.39, 0.29) is 6.29 Å². The Kier molecular flexibility index (Phi) is 6.46. The van der Waals surface area contributed by atoms with Crippen LogP contribution >= 0.6 is 0 Å². The number of benzene rings is 1. The fraction of sp³-hybridized carbons (Fsp3) is 0.500. The van der Waals surface area contributed by atoms with E-state index in [4.69, 9.17) is 14.7 Å². The molecular weight excluding hydrogens is 262 g/mol. The first-order chi connectivity index (χ1) is 10.3. The summed E-state index contributed by atoms with van der Waals surface area (Å²) < 4.78 is 11.5. The van der Waals surface area contributed by atoms with Crippen LogP contribution in [0.15, 0.2) is 36.4 Å². The van der Waals surface area contributed by atoms with Gasteiger partial charge in [0.15, 0.2) is 6.29 Å². The molecule has 0 unspecified atom stereocenters. The lowest BCUT2D eigenvalue weighted by Gasteiger charge is -2.28. The molecule has 1 aromatic carbocycles. The molecule has 0 bridgehead atoms. The fourth-order valence-corrected chi connectivity index (χ4v) is 2.34. The minimum Gasteiger partial charge on any atom is -0.348 e. The summed E-state index contributed by atoms with van der Waals surface area (Å²) >= 11 is 0. The second kappa shape index (κ2) is 8.61. The highest BCUT2D eigenvalue weighted by molar-refractivity contribution is 5.32. The van der Waals surface area contributed by atoms with Gasteiger partial charge >= 0.3 is 0 Å². The van der Waals surface area contributed by atoms with Gasteiger partial charge in [0, 0.05) is 11.5 Å². The molecule has 0 amide bonds. The van der Waals surface area contributed by atoms with Crippen LogP contribution in [0.5, 0.6) is 0 Å². The molecule has 1 heterocycles. The summed E-state index contributed by atoms with van der Waals surface area (Å²) in [5.74, 6) is 0.348. The summed E-state index contributed by atoms with van der Waals surface area (Å²) in [6, 6.07) is 9.48. The number of nitrogens with zero attached hydrogens (tertiary/aromatic N) is 1. The normalized spacial score (nSPS) is 22.3. The Morgan fingerprint density at radius 2 is 1.90 bits per heavy atom. The van der Waals surface area contributed by atoms with Crippen molar-refractivity contribution in [2.75, 3.05) is 13.2 Å². The van der Waals surface area contributed by atoms with Crippen molar-refractivity contribution in [3.8, 4) is 6.07 Å². The van der Waals surface area contributed by atoms with Crippen LogP contribution < -0.4 is 0 Å². The smallest absolute Gasteiger partial charge is 0.183 e. The number of ether oxygens (including phenoxy) is 2. The SMILES string of the molecule is CCCCCC=C[C@H]1CO[C@H](c2ccc(C#N)cc2)OC1. The third-order valence-corrected chi connectivity index (χ3v) is 3.62. The Bertz CT molecular complexity index is 479. The molecule has 0 aromatic heterocycles. The van der Waals surface area contributed by atoms with Crippen LogP contribution in [0.2, 0.25) is 0 Å². The zero-order chi connectivity index (χ0) is 14.9. The van der Waals surface area contributed by atoms with Crippen molar-refractivity contribution >= 4 is 0 Å². The Morgan fingerprint density at radius 3 is 2.52 bits per heavy atom. The van der Waals surface area contributed by atoms with Gasteiger partial charge in [0.25, 0.3) is 0 Å². The molecule has 112 valence electrons. The van der Waals surface area contributed by atoms with Gasteiger partial charge in [0.2, 0.25) is 0 Å². The second-order valence-electron chi connectivity index (χ2n) is 5.42. The molecule has 1 aliphatic rings. The average Bonchev–Trinajstić information content (AvgIpc) is 2.55. The maximum Gasteiger partial charge on any atom is 0.183 e. The minimum absolute atomic E-state index is 0.303. The molecule has 0 saturated carbocycles. The summed E-state index contributed by atoms with van der Waals surface area (Å²) in [5.41, 5.74) is 1.63. The third kappa shape index (κ3) is 5.00. The van der Waals surface area contributed by atoms with Gasteiger partial charge in [-0.15, -0.1) is 0 Å². The molecule has 0 aliphatic carbocycles. The number of rotatable bonds is 6. The number of unbranched alkanes of at least 4 members (excludes halogenated alkanes) is 3. The highest BCUT2D eigenvalue weighted by Crippen LogP contribution is 2.25. The molecule has 1 aromatic rings. The van der Waals surface area contributed by atoms with Crippen molar-refractivity contribution in [1.82, 2.24) is 0 Å². The van der Waals surface area contributed by atoms with Crippen molar-refractivity contribution < 1.29 is 9.47 Å². The molecule has 21 heavy (non-hydrogen) atoms. The summed E-state index contributed by atoms with van der Waals surface area (Å²) in [7, 11) is 0. The largest absolute Gasteiger partial charge is 0.348 e. The molecule has 1 aliphatic heterocycles. The molecular formula is C18H23NO2. The molecule has 1 fully saturated rings. The number of hydrogen-bond donors (Lipinski definition) is 0. The maximum absolute atomic E-state index is 8.79. The first-order valence-electron chi connectivity index (χ1n) is 7.73. The van der Waals surface area contributed by atoms with Gasteiger partial charge in [-0.1, -0.05) is 44.1 Å². The van der Waals surface area contributed by atoms with E-state index in [9.17, 15) is 0 Å². The minimum atomic E-state index is -0.303. The fourth-order valence-electron chi connectivity index (χ4n) is 2.34. The van der Waals surface area contributed by atoms with E-state index >= 15 is 0 Å². The van der Waals surface area contributed by atoms with Gasteiger partial charge < -0.3 is 9.47 Å². The van der Waals surface area contributed by atoms with Gasteiger partial charge in [-0.3, -0.25) is 0 Å². The Labute approximate surface area is 127 Å². The van der Waals surface area contributed by atoms with Crippen LogP contribution in [0.25, 0.3) is 0 Å². The number of nitriles is 1. The zero-order valence-corrected chi connectivity index (χ0v) is 12.6. The molecule has 2 rings (SSSR count). The quantitative estimate of drug-likeness (QED) is 0.576. The van der Waals surface area contributed by atoms with Gasteiger partial charge in [-0.2, -0.15) is 5.26 Å². The van der Waals surface area contributed by atoms with Gasteiger partial charge in [0.1, 0.15) is 0 Å². The average molecular weight is 285 g/mol. The highest BCUT2D eigenvalue weighted by atomic mass is 16.7. The summed E-state index contributed by atoms with van der Waals surface area (Å²) in [6.45, 7) is 3.60. The van der Waals surface area contributed by atoms with Gasteiger partial charge in [-0.05, 0) is 25.0 Å². The van der Waals surface area contributed by atoms with Gasteiger partial charge in [0.05, 0.1) is 24.8 Å². The molecule has 0 N–H and O–H groups in total. The van der Waals surface area contributed by atoms with Crippen molar-refractivity contribution in [2.24, 2.45) is 5.92 Å². The number of hydrogen-bond acceptors (Lipinski definition) is 3. The van der Waals surface area contributed by atoms with Crippen LogP contribution in [0, 0.1) is 17.2 Å². The van der Waals surface area contributed by atoms with E-state index in [2.05, 4.69) is 25.1 Å². The molecule has 1 saturated heterocycles. The van der Waals surface area contributed by atoms with Crippen LogP contribution in [-0.2, 0) is 9.47 Å². The Balaban J connectivity index is 1.76. The van der Waals surface area contributed by atoms with Crippen molar-refractivity contribution in [2.45, 2.75) is 38.9 Å². The predicted octanol–water partition coefficient (Wildman–Crippen LogP) is 4.36. The first kappa shape index (κ1) is 15.8. The lowest BCUT2D eigenvalue weighted by atomic mass is 10.1. The van der Waals surface area contributed by atoms with E-state index in [1.54, 1.807) is 12.1 Å². The van der Waals surface area contributed by atoms with E-state index in [1.165, 1.54) is 19.3 Å². The second-order valence-corrected chi connectivity index (χ2v) is 5.42. The van der Waals surface area contributed by atoms with Crippen molar-refractivity contribution in [3.63, 3.8) is 0 Å². The molecule has 0 radical (unpaired) electrons. The lowest BCUT2D eigenvalue weighted by molar-refractivity contribution is -0.197. The topological polar surface area (TPSA) is 42.2 Å². The molecule has 3 nitrogen and oxygen atoms in total. The first-order valence-corrected chi connectivity index (χ1v) is 7.73. The third-order valence-electron chi connectivity index (χ3n) is 3.62. The van der Waals surface area contributed by atoms with Gasteiger partial charge in [-0.25, -0.2) is 0 Å². The van der Waals surface area contributed by atoms with Crippen LogP contribution in [0.3, 0.4) is 0 Å². The van der Waals surface area contributed by atoms with E-state index in [0.29, 0.717) is 24.7 Å². The number of allylic oxidation sites excluding steroid dienone is 1. The van der Waals surface area contributed by atoms with Crippen molar-refractivity contribution in [1.29, 1.82) is 5.26 Å². The van der Waals surface area contributed by atoms with E-state index in [0.717, 1.165) is 12.0 Å². The summed E-state index contributed by atoms with van der Waals surface area (Å²) in [5, 5.41) is 8.79. The summed E-state index contributed by atoms with van der Waals surface area (Å²) in [6.07, 6.45) is 9.11. The van der Waals surface area contributed by atoms with Crippen LogP contribution in [0.4, 0.5) is 0 Å². The standard InChI is InChI=1S/C18H23NO2/c1-2-3-4-5-6-7-16-13-20-18(21-14-16)17-10-8-15(12-19)9-11-17/h6-11,16,18H,2-5,13-14H2,1H3/t16-,18-. The van der Waals surface area contributed by atoms with Crippen LogP contribution in [0.1, 0.15) is 50.0 Å². The Morgan fingerprint density at radius 1 is 1.19 bits per heavy atom. The Hall–Kier alpha value is -1.63. The van der Waals surface area contributed by atoms with E-state index < -0.39 is 0 Å². The molecule has 0 atom stereocenters. The van der Waals surface area contributed by atoms with Crippen LogP contribution in [-0.4, -0.2) is 13.2 Å². The van der Waals surface area contributed by atoms with Crippen molar-refractivity contribution in [3.05, 3.63) is 47.5 Å². The van der Waals surface area contributed by atoms with E-state index in [1.807, 2.05) is 12.1 Å². The highest BCUT2D eigenvalue weighted by Gasteiger charge is 2.21. The summed E-state index contributed by atoms with van der Waals surface area (Å²) in [4.78, 5) is 0. The molecule has 3 heteroatoms. The maximum atomic E-state index is 8.79. The molecule has 0 spiro atoms. The zero-order valence-electron chi connectivity index (χ0n) is 12.6. The predicted molar refractivity (Wildman–Crippen MR) is 82.6 cm³/mol.